The first-order valence-corrected chi connectivity index (χ1v) is 28.7. The molecule has 0 aromatic rings. The van der Waals surface area contributed by atoms with Crippen LogP contribution in [0.4, 0.5) is 0 Å². The number of rotatable bonds is 50. The number of aliphatic hydroxyl groups excluding tert-OH is 1. The molecule has 0 bridgehead atoms. The summed E-state index contributed by atoms with van der Waals surface area (Å²) in [4.78, 5) is 23.2. The number of carbonyl (C=O) groups excluding carboxylic acids is 1. The first-order chi connectivity index (χ1) is 30.5. The van der Waals surface area contributed by atoms with Crippen LogP contribution in [0.5, 0.6) is 0 Å². The number of aliphatic hydroxyl groups is 1. The van der Waals surface area contributed by atoms with Gasteiger partial charge in [0.15, 0.2) is 0 Å². The van der Waals surface area contributed by atoms with Gasteiger partial charge in [0.25, 0.3) is 0 Å². The molecule has 0 radical (unpaired) electrons. The third-order valence-electron chi connectivity index (χ3n) is 12.4. The highest BCUT2D eigenvalue weighted by Gasteiger charge is 2.27. The minimum absolute atomic E-state index is 0.0585. The van der Waals surface area contributed by atoms with Gasteiger partial charge in [-0.05, 0) is 32.1 Å². The fourth-order valence-corrected chi connectivity index (χ4v) is 8.85. The molecule has 0 spiro atoms. The molecule has 0 saturated heterocycles. The van der Waals surface area contributed by atoms with Gasteiger partial charge in [-0.25, -0.2) is 4.57 Å². The maximum absolute atomic E-state index is 12.9. The molecule has 3 N–H and O–H groups in total. The monoisotopic (exact) mass is 912 g/mol. The summed E-state index contributed by atoms with van der Waals surface area (Å²) in [5.74, 6) is -0.182. The average molecular weight is 912 g/mol. The highest BCUT2D eigenvalue weighted by Crippen LogP contribution is 2.43. The first kappa shape index (κ1) is 62.0. The molecule has 9 heteroatoms. The van der Waals surface area contributed by atoms with E-state index in [4.69, 9.17) is 9.05 Å². The third-order valence-corrected chi connectivity index (χ3v) is 13.4. The number of nitrogens with one attached hydrogen (secondary N) is 1. The van der Waals surface area contributed by atoms with Crippen molar-refractivity contribution in [1.29, 1.82) is 0 Å². The largest absolute Gasteiger partial charge is 0.472 e. The molecule has 0 aliphatic carbocycles. The van der Waals surface area contributed by atoms with E-state index in [0.717, 1.165) is 38.5 Å². The molecule has 3 unspecified atom stereocenters. The van der Waals surface area contributed by atoms with E-state index in [1.165, 1.54) is 205 Å². The van der Waals surface area contributed by atoms with E-state index in [1.807, 2.05) is 27.2 Å². The molecule has 374 valence electrons. The molecular formula is C54H108N2O6P+. The number of hydrogen-bond donors (Lipinski definition) is 3. The molecule has 0 aliphatic rings. The number of phosphoric acid groups is 1. The lowest BCUT2D eigenvalue weighted by Gasteiger charge is -2.25. The van der Waals surface area contributed by atoms with Gasteiger partial charge in [0.05, 0.1) is 39.9 Å². The average Bonchev–Trinajstić information content (AvgIpc) is 3.24. The highest BCUT2D eigenvalue weighted by atomic mass is 31.2. The topological polar surface area (TPSA) is 105 Å². The molecule has 0 rings (SSSR count). The van der Waals surface area contributed by atoms with E-state index in [-0.39, 0.29) is 19.1 Å². The molecule has 0 fully saturated rings. The van der Waals surface area contributed by atoms with E-state index in [0.29, 0.717) is 17.4 Å². The molecule has 0 heterocycles. The standard InChI is InChI=1S/C54H107N2O6P/c1-6-8-10-12-14-16-18-20-22-23-24-25-26-27-28-29-30-31-32-33-34-36-38-40-42-44-46-48-54(58)55-52(51-62-63(59,60)61-50-49-56(3,4)5)53(57)47-45-43-41-39-37-35-21-19-17-15-13-11-9-7-2/h37,39,45,47,52-53,57H,6-36,38,40-44,46,48-51H2,1-5H3,(H-,55,58,59,60)/p+1/b39-37+,47-45+. The van der Waals surface area contributed by atoms with Crippen molar-refractivity contribution in [3.63, 3.8) is 0 Å². The quantitative estimate of drug-likeness (QED) is 0.0243. The number of quaternary nitrogens is 1. The molecule has 0 aromatic heterocycles. The lowest BCUT2D eigenvalue weighted by Crippen LogP contribution is -2.45. The Kier molecular flexibility index (Phi) is 45.4. The van der Waals surface area contributed by atoms with E-state index in [1.54, 1.807) is 6.08 Å². The minimum Gasteiger partial charge on any atom is -0.387 e. The number of carbonyl (C=O) groups is 1. The molecule has 1 amide bonds. The van der Waals surface area contributed by atoms with Gasteiger partial charge in [0, 0.05) is 6.42 Å². The van der Waals surface area contributed by atoms with Crippen LogP contribution >= 0.6 is 7.82 Å². The number of unbranched alkanes of at least 4 members (excludes halogenated alkanes) is 35. The Balaban J connectivity index is 4.13. The predicted octanol–water partition coefficient (Wildman–Crippen LogP) is 16.0. The lowest BCUT2D eigenvalue weighted by atomic mass is 10.0. The van der Waals surface area contributed by atoms with Gasteiger partial charge in [-0.1, -0.05) is 250 Å². The van der Waals surface area contributed by atoms with Crippen molar-refractivity contribution in [2.24, 2.45) is 0 Å². The van der Waals surface area contributed by atoms with Gasteiger partial charge in [-0.15, -0.1) is 0 Å². The molecular weight excluding hydrogens is 804 g/mol. The minimum atomic E-state index is -4.35. The summed E-state index contributed by atoms with van der Waals surface area (Å²) >= 11 is 0. The van der Waals surface area contributed by atoms with Crippen LogP contribution in [0.3, 0.4) is 0 Å². The number of likely N-dealkylation sites (N-methyl/N-ethyl adjacent to an activating group) is 1. The van der Waals surface area contributed by atoms with Crippen LogP contribution in [-0.2, 0) is 18.4 Å². The van der Waals surface area contributed by atoms with Crippen LogP contribution in [0.1, 0.15) is 264 Å². The Morgan fingerprint density at radius 3 is 1.27 bits per heavy atom. The van der Waals surface area contributed by atoms with Crippen molar-refractivity contribution < 1.29 is 32.9 Å². The van der Waals surface area contributed by atoms with E-state index < -0.39 is 20.0 Å². The van der Waals surface area contributed by atoms with Crippen molar-refractivity contribution in [1.82, 2.24) is 5.32 Å². The third kappa shape index (κ3) is 48.7. The number of allylic oxidation sites excluding steroid dienone is 3. The van der Waals surface area contributed by atoms with Gasteiger partial charge in [-0.2, -0.15) is 0 Å². The normalized spacial score (nSPS) is 14.2. The Hall–Kier alpha value is -1.02. The van der Waals surface area contributed by atoms with Crippen LogP contribution < -0.4 is 5.32 Å². The van der Waals surface area contributed by atoms with E-state index in [9.17, 15) is 19.4 Å². The van der Waals surface area contributed by atoms with Gasteiger partial charge in [-0.3, -0.25) is 13.8 Å². The number of hydrogen-bond acceptors (Lipinski definition) is 5. The zero-order valence-corrected chi connectivity index (χ0v) is 43.5. The van der Waals surface area contributed by atoms with E-state index in [2.05, 4.69) is 31.3 Å². The summed E-state index contributed by atoms with van der Waals surface area (Å²) < 4.78 is 23.6. The first-order valence-electron chi connectivity index (χ1n) is 27.2. The predicted molar refractivity (Wildman–Crippen MR) is 272 cm³/mol. The van der Waals surface area contributed by atoms with Crippen LogP contribution in [0.2, 0.25) is 0 Å². The van der Waals surface area contributed by atoms with Crippen LogP contribution in [-0.4, -0.2) is 73.4 Å². The summed E-state index contributed by atoms with van der Waals surface area (Å²) in [6.07, 6.45) is 57.1. The van der Waals surface area contributed by atoms with Crippen molar-refractivity contribution in [3.05, 3.63) is 24.3 Å². The Labute approximate surface area is 392 Å². The SMILES string of the molecule is CCCCCCCCCC/C=C/CC/C=C/C(O)C(COP(=O)(O)OCC[N+](C)(C)C)NC(=O)CCCCCCCCCCCCCCCCCCCCCCCCCCCCC. The Morgan fingerprint density at radius 1 is 0.524 bits per heavy atom. The Morgan fingerprint density at radius 2 is 0.873 bits per heavy atom. The summed E-state index contributed by atoms with van der Waals surface area (Å²) in [7, 11) is 1.57. The highest BCUT2D eigenvalue weighted by molar-refractivity contribution is 7.47. The van der Waals surface area contributed by atoms with E-state index >= 15 is 0 Å². The molecule has 0 aromatic carbocycles. The van der Waals surface area contributed by atoms with Crippen LogP contribution in [0, 0.1) is 0 Å². The fraction of sp³-hybridized carbons (Fsp3) is 0.907. The van der Waals surface area contributed by atoms with Gasteiger partial charge in [0.2, 0.25) is 5.91 Å². The van der Waals surface area contributed by atoms with Crippen molar-refractivity contribution in [2.75, 3.05) is 40.9 Å². The summed E-state index contributed by atoms with van der Waals surface area (Å²) in [6.45, 7) is 4.82. The molecule has 8 nitrogen and oxygen atoms in total. The summed E-state index contributed by atoms with van der Waals surface area (Å²) in [6, 6.07) is -0.859. The van der Waals surface area contributed by atoms with Crippen molar-refractivity contribution in [3.8, 4) is 0 Å². The second-order valence-corrected chi connectivity index (χ2v) is 21.4. The molecule has 0 aliphatic heterocycles. The fourth-order valence-electron chi connectivity index (χ4n) is 8.12. The summed E-state index contributed by atoms with van der Waals surface area (Å²) in [5.41, 5.74) is 0. The van der Waals surface area contributed by atoms with Crippen LogP contribution in [0.15, 0.2) is 24.3 Å². The second-order valence-electron chi connectivity index (χ2n) is 20.0. The number of phosphoric ester groups is 1. The molecule has 0 saturated carbocycles. The maximum Gasteiger partial charge on any atom is 0.472 e. The molecule has 63 heavy (non-hydrogen) atoms. The van der Waals surface area contributed by atoms with Gasteiger partial charge < -0.3 is 19.8 Å². The smallest absolute Gasteiger partial charge is 0.387 e. The number of amides is 1. The zero-order chi connectivity index (χ0) is 46.4. The Bertz CT molecular complexity index is 1080. The zero-order valence-electron chi connectivity index (χ0n) is 42.6. The van der Waals surface area contributed by atoms with Crippen molar-refractivity contribution >= 4 is 13.7 Å². The molecule has 3 atom stereocenters. The second kappa shape index (κ2) is 46.1. The van der Waals surface area contributed by atoms with Gasteiger partial charge >= 0.3 is 7.82 Å². The van der Waals surface area contributed by atoms with Gasteiger partial charge in [0.1, 0.15) is 13.2 Å². The van der Waals surface area contributed by atoms with Crippen molar-refractivity contribution in [2.45, 2.75) is 276 Å². The maximum atomic E-state index is 12.9. The lowest BCUT2D eigenvalue weighted by molar-refractivity contribution is -0.870. The summed E-state index contributed by atoms with van der Waals surface area (Å²) in [5, 5.41) is 13.9. The van der Waals surface area contributed by atoms with Crippen LogP contribution in [0.25, 0.3) is 0 Å². The number of nitrogens with zero attached hydrogens (tertiary/aromatic N) is 1.